The van der Waals surface area contributed by atoms with Crippen LogP contribution in [0.2, 0.25) is 0 Å². The van der Waals surface area contributed by atoms with Gasteiger partial charge in [-0.15, -0.1) is 0 Å². The zero-order valence-electron chi connectivity index (χ0n) is 12.5. The average Bonchev–Trinajstić information content (AvgIpc) is 2.43. The van der Waals surface area contributed by atoms with Gasteiger partial charge in [0.15, 0.2) is 0 Å². The van der Waals surface area contributed by atoms with Crippen LogP contribution in [-0.2, 0) is 6.54 Å². The number of unbranched alkanes of at least 4 members (excludes halogenated alkanes) is 7. The number of hydrazine groups is 1. The summed E-state index contributed by atoms with van der Waals surface area (Å²) in [7, 11) is 0. The van der Waals surface area contributed by atoms with E-state index in [-0.39, 0.29) is 0 Å². The van der Waals surface area contributed by atoms with Gasteiger partial charge in [-0.1, -0.05) is 82.2 Å². The molecule has 1 rings (SSSR count). The van der Waals surface area contributed by atoms with Crippen LogP contribution >= 0.6 is 0 Å². The van der Waals surface area contributed by atoms with Gasteiger partial charge in [0.1, 0.15) is 0 Å². The molecule has 1 aromatic carbocycles. The standard InChI is InChI=1S/C17H30N2/c1-2-3-4-5-6-7-8-12-15-19(18)16-17-13-10-9-11-14-17/h9-11,13-14H,2-8,12,15-16,18H2,1H3. The second-order valence-corrected chi connectivity index (χ2v) is 5.43. The first-order chi connectivity index (χ1) is 9.33. The molecule has 0 amide bonds. The molecule has 2 nitrogen and oxygen atoms in total. The predicted molar refractivity (Wildman–Crippen MR) is 83.6 cm³/mol. The summed E-state index contributed by atoms with van der Waals surface area (Å²) in [6.45, 7) is 4.13. The Kier molecular flexibility index (Phi) is 9.38. The monoisotopic (exact) mass is 262 g/mol. The predicted octanol–water partition coefficient (Wildman–Crippen LogP) is 4.50. The maximum Gasteiger partial charge on any atom is 0.0379 e. The van der Waals surface area contributed by atoms with Crippen LogP contribution < -0.4 is 5.84 Å². The fraction of sp³-hybridized carbons (Fsp3) is 0.647. The van der Waals surface area contributed by atoms with E-state index in [1.165, 1.54) is 56.9 Å². The molecule has 0 aliphatic heterocycles. The lowest BCUT2D eigenvalue weighted by Crippen LogP contribution is -2.31. The van der Waals surface area contributed by atoms with Gasteiger partial charge in [0.25, 0.3) is 0 Å². The van der Waals surface area contributed by atoms with Gasteiger partial charge >= 0.3 is 0 Å². The molecule has 0 heterocycles. The molecule has 2 heteroatoms. The summed E-state index contributed by atoms with van der Waals surface area (Å²) in [6, 6.07) is 10.4. The summed E-state index contributed by atoms with van der Waals surface area (Å²) in [4.78, 5) is 0. The first-order valence-electron chi connectivity index (χ1n) is 7.86. The molecule has 19 heavy (non-hydrogen) atoms. The molecule has 2 N–H and O–H groups in total. The minimum absolute atomic E-state index is 0.858. The van der Waals surface area contributed by atoms with E-state index < -0.39 is 0 Å². The van der Waals surface area contributed by atoms with Crippen molar-refractivity contribution in [1.82, 2.24) is 5.01 Å². The van der Waals surface area contributed by atoms with E-state index >= 15 is 0 Å². The van der Waals surface area contributed by atoms with Crippen LogP contribution in [0.4, 0.5) is 0 Å². The Bertz CT molecular complexity index is 297. The lowest BCUT2D eigenvalue weighted by atomic mass is 10.1. The van der Waals surface area contributed by atoms with Gasteiger partial charge in [-0.25, -0.2) is 5.01 Å². The lowest BCUT2D eigenvalue weighted by Gasteiger charge is -2.16. The lowest BCUT2D eigenvalue weighted by molar-refractivity contribution is 0.267. The van der Waals surface area contributed by atoms with Gasteiger partial charge in [-0.3, -0.25) is 5.84 Å². The third-order valence-corrected chi connectivity index (χ3v) is 3.53. The maximum absolute atomic E-state index is 6.02. The Labute approximate surface area is 119 Å². The first-order valence-corrected chi connectivity index (χ1v) is 7.86. The normalized spacial score (nSPS) is 11.1. The highest BCUT2D eigenvalue weighted by Crippen LogP contribution is 2.09. The molecule has 1 aromatic rings. The minimum Gasteiger partial charge on any atom is -0.268 e. The second-order valence-electron chi connectivity index (χ2n) is 5.43. The van der Waals surface area contributed by atoms with Crippen molar-refractivity contribution in [3.8, 4) is 0 Å². The van der Waals surface area contributed by atoms with Gasteiger partial charge in [0.05, 0.1) is 0 Å². The molecular formula is C17H30N2. The Balaban J connectivity index is 1.94. The molecule has 0 bridgehead atoms. The van der Waals surface area contributed by atoms with Crippen molar-refractivity contribution in [1.29, 1.82) is 0 Å². The van der Waals surface area contributed by atoms with Gasteiger partial charge in [-0.05, 0) is 12.0 Å². The molecule has 0 unspecified atom stereocenters. The third-order valence-electron chi connectivity index (χ3n) is 3.53. The van der Waals surface area contributed by atoms with Crippen molar-refractivity contribution < 1.29 is 0 Å². The summed E-state index contributed by atoms with van der Waals surface area (Å²) in [6.07, 6.45) is 10.8. The van der Waals surface area contributed by atoms with Crippen molar-refractivity contribution in [3.63, 3.8) is 0 Å². The fourth-order valence-electron chi connectivity index (χ4n) is 2.35. The number of rotatable bonds is 11. The van der Waals surface area contributed by atoms with E-state index in [1.54, 1.807) is 0 Å². The van der Waals surface area contributed by atoms with E-state index in [2.05, 4.69) is 31.2 Å². The molecule has 0 aromatic heterocycles. The molecule has 0 atom stereocenters. The molecule has 0 spiro atoms. The molecule has 0 aliphatic carbocycles. The highest BCUT2D eigenvalue weighted by atomic mass is 15.4. The van der Waals surface area contributed by atoms with Crippen LogP contribution in [0.15, 0.2) is 30.3 Å². The second kappa shape index (κ2) is 11.0. The molecule has 0 saturated heterocycles. The van der Waals surface area contributed by atoms with Crippen molar-refractivity contribution >= 4 is 0 Å². The SMILES string of the molecule is CCCCCCCCCCN(N)Cc1ccccc1. The van der Waals surface area contributed by atoms with E-state index in [4.69, 9.17) is 5.84 Å². The van der Waals surface area contributed by atoms with Crippen LogP contribution in [0.1, 0.15) is 63.9 Å². The molecule has 0 saturated carbocycles. The number of benzene rings is 1. The highest BCUT2D eigenvalue weighted by Gasteiger charge is 2.00. The van der Waals surface area contributed by atoms with E-state index in [0.29, 0.717) is 0 Å². The maximum atomic E-state index is 6.02. The third kappa shape index (κ3) is 8.79. The van der Waals surface area contributed by atoms with E-state index in [1.807, 2.05) is 11.1 Å². The van der Waals surface area contributed by atoms with Crippen LogP contribution in [-0.4, -0.2) is 11.6 Å². The number of nitrogens with two attached hydrogens (primary N) is 1. The summed E-state index contributed by atoms with van der Waals surface area (Å²) in [5.41, 5.74) is 1.30. The van der Waals surface area contributed by atoms with Crippen molar-refractivity contribution in [2.45, 2.75) is 64.8 Å². The van der Waals surface area contributed by atoms with Crippen LogP contribution in [0.5, 0.6) is 0 Å². The van der Waals surface area contributed by atoms with Gasteiger partial charge in [0, 0.05) is 13.1 Å². The Morgan fingerprint density at radius 2 is 1.42 bits per heavy atom. The first kappa shape index (κ1) is 16.2. The van der Waals surface area contributed by atoms with Crippen LogP contribution in [0, 0.1) is 0 Å². The largest absolute Gasteiger partial charge is 0.268 e. The zero-order chi connectivity index (χ0) is 13.8. The number of hydrogen-bond donors (Lipinski definition) is 1. The molecule has 0 fully saturated rings. The smallest absolute Gasteiger partial charge is 0.0379 e. The van der Waals surface area contributed by atoms with E-state index in [0.717, 1.165) is 13.1 Å². The Morgan fingerprint density at radius 3 is 2.05 bits per heavy atom. The van der Waals surface area contributed by atoms with Gasteiger partial charge < -0.3 is 0 Å². The Morgan fingerprint density at radius 1 is 0.842 bits per heavy atom. The molecular weight excluding hydrogens is 232 g/mol. The van der Waals surface area contributed by atoms with Crippen molar-refractivity contribution in [3.05, 3.63) is 35.9 Å². The van der Waals surface area contributed by atoms with Crippen molar-refractivity contribution in [2.24, 2.45) is 5.84 Å². The molecule has 0 radical (unpaired) electrons. The summed E-state index contributed by atoms with van der Waals surface area (Å²) < 4.78 is 0. The van der Waals surface area contributed by atoms with E-state index in [9.17, 15) is 0 Å². The fourth-order valence-corrected chi connectivity index (χ4v) is 2.35. The van der Waals surface area contributed by atoms with Gasteiger partial charge in [-0.2, -0.15) is 0 Å². The van der Waals surface area contributed by atoms with Crippen LogP contribution in [0.3, 0.4) is 0 Å². The summed E-state index contributed by atoms with van der Waals surface area (Å²) in [5.74, 6) is 6.02. The van der Waals surface area contributed by atoms with Crippen molar-refractivity contribution in [2.75, 3.05) is 6.54 Å². The molecule has 108 valence electrons. The number of nitrogens with zero attached hydrogens (tertiary/aromatic N) is 1. The average molecular weight is 262 g/mol. The van der Waals surface area contributed by atoms with Crippen LogP contribution in [0.25, 0.3) is 0 Å². The Hall–Kier alpha value is -0.860. The summed E-state index contributed by atoms with van der Waals surface area (Å²) >= 11 is 0. The quantitative estimate of drug-likeness (QED) is 0.361. The topological polar surface area (TPSA) is 29.3 Å². The zero-order valence-corrected chi connectivity index (χ0v) is 12.5. The summed E-state index contributed by atoms with van der Waals surface area (Å²) in [5, 5.41) is 1.94. The highest BCUT2D eigenvalue weighted by molar-refractivity contribution is 5.14. The minimum atomic E-state index is 0.858. The van der Waals surface area contributed by atoms with Gasteiger partial charge in [0.2, 0.25) is 0 Å². The molecule has 0 aliphatic rings. The number of hydrogen-bond acceptors (Lipinski definition) is 2.